The molecule has 0 saturated carbocycles. The lowest BCUT2D eigenvalue weighted by atomic mass is 10.1. The van der Waals surface area contributed by atoms with Gasteiger partial charge in [0.1, 0.15) is 12.9 Å². The third kappa shape index (κ3) is 3.96. The number of oxime groups is 1. The Labute approximate surface area is 125 Å². The molecule has 0 radical (unpaired) electrons. The monoisotopic (exact) mass is 281 g/mol. The van der Waals surface area contributed by atoms with E-state index in [0.29, 0.717) is 5.90 Å². The lowest BCUT2D eigenvalue weighted by Crippen LogP contribution is -2.07. The second-order valence-electron chi connectivity index (χ2n) is 4.57. The molecule has 0 atom stereocenters. The number of benzene rings is 2. The van der Waals surface area contributed by atoms with E-state index in [1.165, 1.54) is 12.7 Å². The zero-order chi connectivity index (χ0) is 15.1. The number of allylic oxidation sites excluding steroid dienone is 1. The molecule has 2 aromatic carbocycles. The van der Waals surface area contributed by atoms with Crippen LogP contribution in [0.3, 0.4) is 0 Å². The van der Waals surface area contributed by atoms with E-state index in [1.807, 2.05) is 74.5 Å². The van der Waals surface area contributed by atoms with Crippen molar-refractivity contribution in [1.29, 1.82) is 0 Å². The molecule has 0 amide bonds. The molecule has 2 aromatic rings. The second kappa shape index (κ2) is 7.29. The first kappa shape index (κ1) is 14.9. The summed E-state index contributed by atoms with van der Waals surface area (Å²) in [4.78, 5) is 4.91. The summed E-state index contributed by atoms with van der Waals surface area (Å²) in [6.45, 7) is 3.97. The smallest absolute Gasteiger partial charge is 0.263 e. The molecule has 0 aliphatic heterocycles. The van der Waals surface area contributed by atoms with E-state index in [9.17, 15) is 0 Å². The van der Waals surface area contributed by atoms with Gasteiger partial charge in [-0.25, -0.2) is 0 Å². The van der Waals surface area contributed by atoms with Crippen LogP contribution in [0, 0.1) is 6.92 Å². The van der Waals surface area contributed by atoms with Gasteiger partial charge in [0, 0.05) is 11.1 Å². The molecule has 0 bridgehead atoms. The minimum absolute atomic E-state index is 0.439. The van der Waals surface area contributed by atoms with Gasteiger partial charge >= 0.3 is 0 Å². The van der Waals surface area contributed by atoms with Crippen LogP contribution in [-0.2, 0) is 9.57 Å². The number of aryl methyl sites for hydroxylation is 1. The number of rotatable bonds is 4. The Hall–Kier alpha value is -2.55. The van der Waals surface area contributed by atoms with Crippen LogP contribution in [0.25, 0.3) is 5.76 Å². The van der Waals surface area contributed by atoms with Crippen molar-refractivity contribution in [3.63, 3.8) is 0 Å². The van der Waals surface area contributed by atoms with Gasteiger partial charge < -0.3 is 9.57 Å². The highest BCUT2D eigenvalue weighted by Crippen LogP contribution is 2.18. The SMILES string of the molecule is C/C=C(/O/C(=N/OC)c1ccc(C)cc1)c1ccccc1. The lowest BCUT2D eigenvalue weighted by Gasteiger charge is -2.12. The minimum atomic E-state index is 0.439. The van der Waals surface area contributed by atoms with Crippen molar-refractivity contribution >= 4 is 11.7 Å². The third-order valence-corrected chi connectivity index (χ3v) is 3.00. The van der Waals surface area contributed by atoms with E-state index < -0.39 is 0 Å². The van der Waals surface area contributed by atoms with E-state index in [-0.39, 0.29) is 0 Å². The zero-order valence-corrected chi connectivity index (χ0v) is 12.5. The van der Waals surface area contributed by atoms with E-state index in [1.54, 1.807) is 0 Å². The normalized spacial score (nSPS) is 12.1. The summed E-state index contributed by atoms with van der Waals surface area (Å²) in [6.07, 6.45) is 1.91. The van der Waals surface area contributed by atoms with Crippen molar-refractivity contribution in [3.05, 3.63) is 77.4 Å². The van der Waals surface area contributed by atoms with E-state index in [0.717, 1.165) is 16.9 Å². The first-order valence-corrected chi connectivity index (χ1v) is 6.82. The van der Waals surface area contributed by atoms with Crippen molar-refractivity contribution in [1.82, 2.24) is 0 Å². The van der Waals surface area contributed by atoms with Crippen molar-refractivity contribution in [2.24, 2.45) is 5.16 Å². The molecule has 0 saturated heterocycles. The Morgan fingerprint density at radius 3 is 2.19 bits per heavy atom. The van der Waals surface area contributed by atoms with Gasteiger partial charge in [0.2, 0.25) is 0 Å². The van der Waals surface area contributed by atoms with Crippen molar-refractivity contribution in [3.8, 4) is 0 Å². The third-order valence-electron chi connectivity index (χ3n) is 3.00. The quantitative estimate of drug-likeness (QED) is 0.360. The standard InChI is InChI=1S/C18H19NO2/c1-4-17(15-8-6-5-7-9-15)21-18(19-20-3)16-12-10-14(2)11-13-16/h4-13H,1-3H3/b17-4+,19-18+. The van der Waals surface area contributed by atoms with Gasteiger partial charge in [-0.15, -0.1) is 0 Å². The Balaban J connectivity index is 2.28. The molecule has 0 aliphatic carbocycles. The molecule has 3 nitrogen and oxygen atoms in total. The molecule has 0 fully saturated rings. The fourth-order valence-corrected chi connectivity index (χ4v) is 1.90. The molecule has 0 aromatic heterocycles. The molecule has 0 aliphatic rings. The van der Waals surface area contributed by atoms with Crippen molar-refractivity contribution in [2.75, 3.05) is 7.11 Å². The molecular weight excluding hydrogens is 262 g/mol. The predicted octanol–water partition coefficient (Wildman–Crippen LogP) is 4.38. The first-order chi connectivity index (χ1) is 10.2. The summed E-state index contributed by atoms with van der Waals surface area (Å²) in [5, 5.41) is 3.99. The maximum absolute atomic E-state index is 5.94. The molecule has 0 spiro atoms. The van der Waals surface area contributed by atoms with Crippen LogP contribution in [0.4, 0.5) is 0 Å². The van der Waals surface area contributed by atoms with Crippen LogP contribution in [0.5, 0.6) is 0 Å². The molecule has 2 rings (SSSR count). The Bertz CT molecular complexity index is 628. The summed E-state index contributed by atoms with van der Waals surface area (Å²) in [7, 11) is 1.51. The van der Waals surface area contributed by atoms with Crippen LogP contribution >= 0.6 is 0 Å². The molecular formula is C18H19NO2. The Morgan fingerprint density at radius 1 is 0.952 bits per heavy atom. The largest absolute Gasteiger partial charge is 0.436 e. The lowest BCUT2D eigenvalue weighted by molar-refractivity contribution is 0.204. The van der Waals surface area contributed by atoms with Gasteiger partial charge in [0.15, 0.2) is 0 Å². The second-order valence-corrected chi connectivity index (χ2v) is 4.57. The number of hydrogen-bond acceptors (Lipinski definition) is 3. The van der Waals surface area contributed by atoms with Crippen LogP contribution in [0.2, 0.25) is 0 Å². The van der Waals surface area contributed by atoms with Crippen molar-refractivity contribution < 1.29 is 9.57 Å². The van der Waals surface area contributed by atoms with Crippen LogP contribution in [-0.4, -0.2) is 13.0 Å². The summed E-state index contributed by atoms with van der Waals surface area (Å²) in [5.41, 5.74) is 3.05. The number of ether oxygens (including phenoxy) is 1. The molecule has 21 heavy (non-hydrogen) atoms. The number of nitrogens with zero attached hydrogens (tertiary/aromatic N) is 1. The van der Waals surface area contributed by atoms with Gasteiger partial charge in [-0.2, -0.15) is 0 Å². The summed E-state index contributed by atoms with van der Waals surface area (Å²) in [5.74, 6) is 1.18. The zero-order valence-electron chi connectivity index (χ0n) is 12.5. The van der Waals surface area contributed by atoms with Crippen LogP contribution in [0.1, 0.15) is 23.6 Å². The topological polar surface area (TPSA) is 30.8 Å². The summed E-state index contributed by atoms with van der Waals surface area (Å²) in [6, 6.07) is 17.9. The van der Waals surface area contributed by atoms with Gasteiger partial charge in [0.05, 0.1) is 0 Å². The van der Waals surface area contributed by atoms with E-state index in [4.69, 9.17) is 9.57 Å². The van der Waals surface area contributed by atoms with Gasteiger partial charge in [0.25, 0.3) is 5.90 Å². The van der Waals surface area contributed by atoms with Crippen LogP contribution < -0.4 is 0 Å². The highest BCUT2D eigenvalue weighted by atomic mass is 16.6. The molecule has 3 heteroatoms. The van der Waals surface area contributed by atoms with Gasteiger partial charge in [-0.1, -0.05) is 48.0 Å². The average molecular weight is 281 g/mol. The molecule has 0 N–H and O–H groups in total. The highest BCUT2D eigenvalue weighted by molar-refractivity contribution is 5.97. The van der Waals surface area contributed by atoms with Crippen molar-refractivity contribution in [2.45, 2.75) is 13.8 Å². The molecule has 0 unspecified atom stereocenters. The van der Waals surface area contributed by atoms with Crippen LogP contribution in [0.15, 0.2) is 65.8 Å². The number of hydrogen-bond donors (Lipinski definition) is 0. The maximum Gasteiger partial charge on any atom is 0.263 e. The van der Waals surface area contributed by atoms with E-state index >= 15 is 0 Å². The fraction of sp³-hybridized carbons (Fsp3) is 0.167. The summed E-state index contributed by atoms with van der Waals surface area (Å²) >= 11 is 0. The highest BCUT2D eigenvalue weighted by Gasteiger charge is 2.10. The van der Waals surface area contributed by atoms with Gasteiger partial charge in [-0.3, -0.25) is 0 Å². The summed E-state index contributed by atoms with van der Waals surface area (Å²) < 4.78 is 5.94. The molecule has 108 valence electrons. The molecule has 0 heterocycles. The van der Waals surface area contributed by atoms with E-state index in [2.05, 4.69) is 5.16 Å². The maximum atomic E-state index is 5.94. The van der Waals surface area contributed by atoms with Gasteiger partial charge in [-0.05, 0) is 37.2 Å². The predicted molar refractivity (Wildman–Crippen MR) is 85.9 cm³/mol. The minimum Gasteiger partial charge on any atom is -0.436 e. The Kier molecular flexibility index (Phi) is 5.16. The first-order valence-electron chi connectivity index (χ1n) is 6.82. The Morgan fingerprint density at radius 2 is 1.62 bits per heavy atom. The average Bonchev–Trinajstić information content (AvgIpc) is 2.53. The fourth-order valence-electron chi connectivity index (χ4n) is 1.90.